The minimum atomic E-state index is -0.552. The second kappa shape index (κ2) is 5.58. The number of likely N-dealkylation sites (tertiary alicyclic amines) is 1. The Morgan fingerprint density at radius 2 is 2.00 bits per heavy atom. The summed E-state index contributed by atoms with van der Waals surface area (Å²) in [5.74, 6) is -0.363. The number of hydrogen-bond acceptors (Lipinski definition) is 4. The first-order valence-electron chi connectivity index (χ1n) is 8.46. The summed E-state index contributed by atoms with van der Waals surface area (Å²) in [4.78, 5) is 30.9. The van der Waals surface area contributed by atoms with Crippen molar-refractivity contribution in [2.24, 2.45) is 5.41 Å². The van der Waals surface area contributed by atoms with Crippen LogP contribution in [-0.4, -0.2) is 50.4 Å². The molecular weight excluding hydrogens is 306 g/mol. The number of carbonyl (C=O) groups excluding carboxylic acids is 2. The van der Waals surface area contributed by atoms with Gasteiger partial charge in [0, 0.05) is 31.5 Å². The van der Waals surface area contributed by atoms with E-state index in [4.69, 9.17) is 0 Å². The fraction of sp³-hybridized carbons (Fsp3) is 0.529. The summed E-state index contributed by atoms with van der Waals surface area (Å²) >= 11 is 0. The van der Waals surface area contributed by atoms with E-state index in [9.17, 15) is 9.59 Å². The molecule has 126 valence electrons. The van der Waals surface area contributed by atoms with E-state index in [0.717, 1.165) is 25.9 Å². The normalized spacial score (nSPS) is 20.1. The van der Waals surface area contributed by atoms with Crippen LogP contribution < -0.4 is 5.32 Å². The molecule has 2 fully saturated rings. The first-order valence-corrected chi connectivity index (χ1v) is 8.46. The number of carbonyl (C=O) groups is 2. The zero-order valence-electron chi connectivity index (χ0n) is 13.7. The fourth-order valence-corrected chi connectivity index (χ4v) is 3.43. The van der Waals surface area contributed by atoms with Gasteiger partial charge in [0.05, 0.1) is 0 Å². The van der Waals surface area contributed by atoms with Crippen molar-refractivity contribution in [2.75, 3.05) is 13.1 Å². The largest absolute Gasteiger partial charge is 0.341 e. The van der Waals surface area contributed by atoms with Gasteiger partial charge in [0.15, 0.2) is 11.3 Å². The van der Waals surface area contributed by atoms with Crippen LogP contribution in [0.15, 0.2) is 24.5 Å². The third-order valence-corrected chi connectivity index (χ3v) is 5.28. The van der Waals surface area contributed by atoms with Gasteiger partial charge in [-0.25, -0.2) is 9.50 Å². The van der Waals surface area contributed by atoms with Crippen LogP contribution in [0.2, 0.25) is 0 Å². The second-order valence-electron chi connectivity index (χ2n) is 6.97. The molecule has 0 bridgehead atoms. The van der Waals surface area contributed by atoms with Crippen molar-refractivity contribution >= 4 is 17.5 Å². The molecule has 0 aromatic carbocycles. The lowest BCUT2D eigenvalue weighted by Crippen LogP contribution is -2.49. The molecule has 7 nitrogen and oxygen atoms in total. The number of nitrogens with one attached hydrogen (secondary N) is 1. The summed E-state index contributed by atoms with van der Waals surface area (Å²) < 4.78 is 1.54. The van der Waals surface area contributed by atoms with Crippen LogP contribution >= 0.6 is 0 Å². The lowest BCUT2D eigenvalue weighted by molar-refractivity contribution is -0.134. The summed E-state index contributed by atoms with van der Waals surface area (Å²) in [5.41, 5.74) is 1.41. The zero-order chi connectivity index (χ0) is 16.7. The summed E-state index contributed by atoms with van der Waals surface area (Å²) in [6.45, 7) is 3.34. The number of rotatable bonds is 3. The van der Waals surface area contributed by atoms with Crippen LogP contribution in [-0.2, 0) is 4.79 Å². The van der Waals surface area contributed by atoms with Gasteiger partial charge >= 0.3 is 0 Å². The van der Waals surface area contributed by atoms with E-state index >= 15 is 0 Å². The maximum atomic E-state index is 12.5. The number of fused-ring (bicyclic) bond motifs is 1. The fourth-order valence-electron chi connectivity index (χ4n) is 3.43. The topological polar surface area (TPSA) is 79.6 Å². The highest BCUT2D eigenvalue weighted by molar-refractivity contribution is 5.96. The molecule has 24 heavy (non-hydrogen) atoms. The minimum Gasteiger partial charge on any atom is -0.341 e. The summed E-state index contributed by atoms with van der Waals surface area (Å²) in [6, 6.07) is 2.81. The van der Waals surface area contributed by atoms with Crippen molar-refractivity contribution in [3.8, 4) is 0 Å². The lowest BCUT2D eigenvalue weighted by Gasteiger charge is -2.33. The number of nitrogens with zero attached hydrogens (tertiary/aromatic N) is 4. The summed E-state index contributed by atoms with van der Waals surface area (Å²) in [5, 5.41) is 6.94. The molecule has 1 unspecified atom stereocenters. The van der Waals surface area contributed by atoms with Crippen molar-refractivity contribution in [3.63, 3.8) is 0 Å². The molecule has 1 aliphatic carbocycles. The van der Waals surface area contributed by atoms with Crippen LogP contribution in [0.5, 0.6) is 0 Å². The molecule has 1 saturated carbocycles. The zero-order valence-corrected chi connectivity index (χ0v) is 13.7. The molecule has 1 spiro atoms. The van der Waals surface area contributed by atoms with Crippen LogP contribution in [0, 0.1) is 5.41 Å². The minimum absolute atomic E-state index is 0.0132. The van der Waals surface area contributed by atoms with Crippen LogP contribution in [0.25, 0.3) is 5.65 Å². The molecule has 1 N–H and O–H groups in total. The number of amides is 2. The third-order valence-electron chi connectivity index (χ3n) is 5.28. The van der Waals surface area contributed by atoms with E-state index in [2.05, 4.69) is 15.4 Å². The number of aromatic nitrogens is 3. The Morgan fingerprint density at radius 1 is 1.25 bits per heavy atom. The highest BCUT2D eigenvalue weighted by Gasteiger charge is 2.45. The van der Waals surface area contributed by atoms with Crippen LogP contribution in [0.1, 0.15) is 43.1 Å². The third kappa shape index (κ3) is 2.74. The predicted octanol–water partition coefficient (Wildman–Crippen LogP) is 1.25. The van der Waals surface area contributed by atoms with Gasteiger partial charge in [0.25, 0.3) is 5.91 Å². The molecule has 1 aliphatic heterocycles. The van der Waals surface area contributed by atoms with Crippen LogP contribution in [0.4, 0.5) is 0 Å². The number of hydrogen-bond donors (Lipinski definition) is 1. The standard InChI is InChI=1S/C17H21N5O2/c1-12(16(24)21-9-5-17(3-4-17)6-10-21)19-15(23)13-11-14-18-7-2-8-22(14)20-13/h2,7-8,11-12H,3-6,9-10H2,1H3,(H,19,23). The molecule has 2 amide bonds. The van der Waals surface area contributed by atoms with E-state index < -0.39 is 6.04 Å². The Hall–Kier alpha value is -2.44. The van der Waals surface area contributed by atoms with Crippen molar-refractivity contribution in [2.45, 2.75) is 38.6 Å². The van der Waals surface area contributed by atoms with Crippen molar-refractivity contribution < 1.29 is 9.59 Å². The quantitative estimate of drug-likeness (QED) is 0.920. The van der Waals surface area contributed by atoms with Gasteiger partial charge in [-0.3, -0.25) is 9.59 Å². The molecule has 2 aromatic heterocycles. The monoisotopic (exact) mass is 327 g/mol. The maximum Gasteiger partial charge on any atom is 0.272 e. The Labute approximate surface area is 140 Å². The molecule has 4 rings (SSSR count). The maximum absolute atomic E-state index is 12.5. The van der Waals surface area contributed by atoms with Gasteiger partial charge in [-0.1, -0.05) is 0 Å². The smallest absolute Gasteiger partial charge is 0.272 e. The van der Waals surface area contributed by atoms with Gasteiger partial charge in [-0.05, 0) is 44.1 Å². The first kappa shape index (κ1) is 15.1. The van der Waals surface area contributed by atoms with E-state index in [1.165, 1.54) is 12.8 Å². The van der Waals surface area contributed by atoms with Crippen molar-refractivity contribution in [3.05, 3.63) is 30.2 Å². The Kier molecular flexibility index (Phi) is 3.51. The van der Waals surface area contributed by atoms with E-state index in [0.29, 0.717) is 11.1 Å². The van der Waals surface area contributed by atoms with Crippen molar-refractivity contribution in [1.29, 1.82) is 0 Å². The van der Waals surface area contributed by atoms with E-state index in [1.54, 1.807) is 36.0 Å². The Balaban J connectivity index is 1.38. The SMILES string of the molecule is CC(NC(=O)c1cc2ncccn2n1)C(=O)N1CCC2(CC1)CC2. The highest BCUT2D eigenvalue weighted by atomic mass is 16.2. The molecule has 2 aliphatic rings. The highest BCUT2D eigenvalue weighted by Crippen LogP contribution is 2.53. The van der Waals surface area contributed by atoms with Gasteiger partial charge in [-0.2, -0.15) is 5.10 Å². The summed E-state index contributed by atoms with van der Waals surface area (Å²) in [7, 11) is 0. The molecule has 2 aromatic rings. The second-order valence-corrected chi connectivity index (χ2v) is 6.97. The molecule has 3 heterocycles. The lowest BCUT2D eigenvalue weighted by atomic mass is 9.93. The first-order chi connectivity index (χ1) is 11.6. The molecule has 0 radical (unpaired) electrons. The number of piperidine rings is 1. The van der Waals surface area contributed by atoms with Gasteiger partial charge in [-0.15, -0.1) is 0 Å². The van der Waals surface area contributed by atoms with E-state index in [1.807, 2.05) is 4.90 Å². The average molecular weight is 327 g/mol. The Bertz CT molecular complexity index is 752. The van der Waals surface area contributed by atoms with Crippen LogP contribution in [0.3, 0.4) is 0 Å². The van der Waals surface area contributed by atoms with Gasteiger partial charge in [0.1, 0.15) is 6.04 Å². The Morgan fingerprint density at radius 3 is 2.67 bits per heavy atom. The molecular formula is C17H21N5O2. The van der Waals surface area contributed by atoms with Crippen molar-refractivity contribution in [1.82, 2.24) is 24.8 Å². The van der Waals surface area contributed by atoms with E-state index in [-0.39, 0.29) is 17.5 Å². The summed E-state index contributed by atoms with van der Waals surface area (Å²) in [6.07, 6.45) is 8.19. The van der Waals surface area contributed by atoms with Gasteiger partial charge in [0.2, 0.25) is 5.91 Å². The molecule has 1 atom stereocenters. The van der Waals surface area contributed by atoms with Gasteiger partial charge < -0.3 is 10.2 Å². The molecule has 7 heteroatoms. The molecule has 1 saturated heterocycles. The predicted molar refractivity (Wildman–Crippen MR) is 87.4 cm³/mol. The average Bonchev–Trinajstić information content (AvgIpc) is 3.20.